The molecular weight excluding hydrogens is 418 g/mol. The summed E-state index contributed by atoms with van der Waals surface area (Å²) in [6.07, 6.45) is 5.10. The molecule has 1 fully saturated rings. The highest BCUT2D eigenvalue weighted by molar-refractivity contribution is 6.30. The Morgan fingerprint density at radius 1 is 1.06 bits per heavy atom. The first-order chi connectivity index (χ1) is 15.3. The van der Waals surface area contributed by atoms with Crippen molar-refractivity contribution < 1.29 is 4.74 Å². The van der Waals surface area contributed by atoms with Gasteiger partial charge in [0.05, 0.1) is 11.0 Å². The Morgan fingerprint density at radius 3 is 2.47 bits per heavy atom. The third-order valence-corrected chi connectivity index (χ3v) is 6.93. The number of benzene rings is 2. The predicted octanol–water partition coefficient (Wildman–Crippen LogP) is 6.69. The average Bonchev–Trinajstić information content (AvgIpc) is 3.11. The lowest BCUT2D eigenvalue weighted by Crippen LogP contribution is -2.30. The molecule has 0 bridgehead atoms. The van der Waals surface area contributed by atoms with Gasteiger partial charge in [-0.1, -0.05) is 44.5 Å². The quantitative estimate of drug-likeness (QED) is 0.399. The zero-order valence-corrected chi connectivity index (χ0v) is 20.7. The van der Waals surface area contributed by atoms with Crippen molar-refractivity contribution >= 4 is 22.6 Å². The van der Waals surface area contributed by atoms with Crippen LogP contribution in [-0.2, 0) is 18.6 Å². The average molecular weight is 454 g/mol. The first-order valence-electron chi connectivity index (χ1n) is 11.9. The molecule has 3 aromatic rings. The molecule has 0 aliphatic carbocycles. The fourth-order valence-electron chi connectivity index (χ4n) is 4.73. The van der Waals surface area contributed by atoms with E-state index in [1.54, 1.807) is 0 Å². The molecule has 1 saturated heterocycles. The minimum absolute atomic E-state index is 0.0428. The van der Waals surface area contributed by atoms with E-state index < -0.39 is 0 Å². The van der Waals surface area contributed by atoms with Crippen LogP contribution in [0.1, 0.15) is 57.8 Å². The van der Waals surface area contributed by atoms with Gasteiger partial charge in [0.15, 0.2) is 0 Å². The molecule has 5 heteroatoms. The molecule has 1 aromatic heterocycles. The molecule has 0 radical (unpaired) electrons. The number of halogens is 1. The topological polar surface area (TPSA) is 30.3 Å². The number of aromatic nitrogens is 2. The second kappa shape index (κ2) is 9.84. The SMILES string of the molecule is CN1CCC(CCCn2c(COc3ccc(Cl)cc3)nc3c(C(C)(C)C)cccc32)CC1. The van der Waals surface area contributed by atoms with E-state index in [9.17, 15) is 0 Å². The summed E-state index contributed by atoms with van der Waals surface area (Å²) < 4.78 is 8.49. The van der Waals surface area contributed by atoms with Crippen LogP contribution in [0.3, 0.4) is 0 Å². The molecule has 1 aliphatic heterocycles. The van der Waals surface area contributed by atoms with E-state index in [1.807, 2.05) is 24.3 Å². The minimum Gasteiger partial charge on any atom is -0.486 e. The van der Waals surface area contributed by atoms with Gasteiger partial charge in [-0.2, -0.15) is 0 Å². The molecule has 2 heterocycles. The fourth-order valence-corrected chi connectivity index (χ4v) is 4.85. The number of hydrogen-bond donors (Lipinski definition) is 0. The van der Waals surface area contributed by atoms with Gasteiger partial charge in [-0.05, 0) is 93.0 Å². The maximum Gasteiger partial charge on any atom is 0.148 e. The zero-order valence-electron chi connectivity index (χ0n) is 19.9. The van der Waals surface area contributed by atoms with Crippen molar-refractivity contribution in [3.63, 3.8) is 0 Å². The van der Waals surface area contributed by atoms with E-state index in [2.05, 4.69) is 55.5 Å². The third-order valence-electron chi connectivity index (χ3n) is 6.68. The van der Waals surface area contributed by atoms with Gasteiger partial charge in [0.1, 0.15) is 18.2 Å². The van der Waals surface area contributed by atoms with Gasteiger partial charge < -0.3 is 14.2 Å². The first kappa shape index (κ1) is 23.1. The third kappa shape index (κ3) is 5.47. The van der Waals surface area contributed by atoms with Gasteiger partial charge in [0.25, 0.3) is 0 Å². The molecule has 0 N–H and O–H groups in total. The molecule has 0 atom stereocenters. The van der Waals surface area contributed by atoms with Crippen molar-refractivity contribution in [1.82, 2.24) is 14.5 Å². The van der Waals surface area contributed by atoms with Crippen molar-refractivity contribution in [3.05, 3.63) is 58.9 Å². The molecular formula is C27H36ClN3O. The van der Waals surface area contributed by atoms with Gasteiger partial charge >= 0.3 is 0 Å². The summed E-state index contributed by atoms with van der Waals surface area (Å²) >= 11 is 6.02. The Kier molecular flexibility index (Phi) is 7.11. The summed E-state index contributed by atoms with van der Waals surface area (Å²) in [5.74, 6) is 2.66. The Labute approximate surface area is 197 Å². The lowest BCUT2D eigenvalue weighted by Gasteiger charge is -2.29. The number of rotatable bonds is 7. The predicted molar refractivity (Wildman–Crippen MR) is 134 cm³/mol. The van der Waals surface area contributed by atoms with Crippen molar-refractivity contribution in [1.29, 1.82) is 0 Å². The number of piperidine rings is 1. The molecule has 4 nitrogen and oxygen atoms in total. The molecule has 0 unspecified atom stereocenters. The largest absolute Gasteiger partial charge is 0.486 e. The van der Waals surface area contributed by atoms with Crippen molar-refractivity contribution in [3.8, 4) is 5.75 Å². The summed E-state index contributed by atoms with van der Waals surface area (Å²) in [6.45, 7) is 10.7. The van der Waals surface area contributed by atoms with Gasteiger partial charge in [-0.25, -0.2) is 4.98 Å². The summed E-state index contributed by atoms with van der Waals surface area (Å²) in [7, 11) is 2.23. The number of fused-ring (bicyclic) bond motifs is 1. The van der Waals surface area contributed by atoms with Gasteiger partial charge in [-0.3, -0.25) is 0 Å². The monoisotopic (exact) mass is 453 g/mol. The smallest absolute Gasteiger partial charge is 0.148 e. The number of hydrogen-bond acceptors (Lipinski definition) is 3. The van der Waals surface area contributed by atoms with Crippen LogP contribution in [0.15, 0.2) is 42.5 Å². The van der Waals surface area contributed by atoms with Crippen LogP contribution < -0.4 is 4.74 Å². The van der Waals surface area contributed by atoms with Crippen LogP contribution in [0.2, 0.25) is 5.02 Å². The van der Waals surface area contributed by atoms with Gasteiger partial charge in [-0.15, -0.1) is 0 Å². The minimum atomic E-state index is 0.0428. The van der Waals surface area contributed by atoms with Crippen LogP contribution >= 0.6 is 11.6 Å². The van der Waals surface area contributed by atoms with E-state index in [4.69, 9.17) is 21.3 Å². The fraction of sp³-hybridized carbons (Fsp3) is 0.519. The first-order valence-corrected chi connectivity index (χ1v) is 12.2. The maximum absolute atomic E-state index is 6.10. The summed E-state index contributed by atoms with van der Waals surface area (Å²) in [6, 6.07) is 14.1. The van der Waals surface area contributed by atoms with E-state index in [-0.39, 0.29) is 5.41 Å². The number of aryl methyl sites for hydroxylation is 1. The van der Waals surface area contributed by atoms with Crippen LogP contribution in [0.5, 0.6) is 5.75 Å². The maximum atomic E-state index is 6.10. The second-order valence-electron chi connectivity index (χ2n) is 10.2. The standard InChI is InChI=1S/C27H36ClN3O/c1-27(2,3)23-8-5-9-24-26(23)29-25(19-32-22-12-10-21(28)11-13-22)31(24)16-6-7-20-14-17-30(4)18-15-20/h5,8-13,20H,6-7,14-19H2,1-4H3. The normalized spacial score (nSPS) is 16.0. The number of likely N-dealkylation sites (tertiary alicyclic amines) is 1. The number of ether oxygens (including phenoxy) is 1. The lowest BCUT2D eigenvalue weighted by molar-refractivity contribution is 0.208. The summed E-state index contributed by atoms with van der Waals surface area (Å²) in [5, 5.41) is 0.716. The van der Waals surface area contributed by atoms with Crippen LogP contribution in [-0.4, -0.2) is 34.6 Å². The molecule has 0 spiro atoms. The number of imidazole rings is 1. The summed E-state index contributed by atoms with van der Waals surface area (Å²) in [4.78, 5) is 7.54. The highest BCUT2D eigenvalue weighted by atomic mass is 35.5. The Hall–Kier alpha value is -2.04. The zero-order chi connectivity index (χ0) is 22.7. The number of nitrogens with zero attached hydrogens (tertiary/aromatic N) is 3. The van der Waals surface area contributed by atoms with Crippen LogP contribution in [0, 0.1) is 5.92 Å². The van der Waals surface area contributed by atoms with Crippen molar-refractivity contribution in [2.75, 3.05) is 20.1 Å². The van der Waals surface area contributed by atoms with Crippen LogP contribution in [0.4, 0.5) is 0 Å². The van der Waals surface area contributed by atoms with E-state index in [0.717, 1.165) is 29.6 Å². The molecule has 0 amide bonds. The van der Waals surface area contributed by atoms with Crippen molar-refractivity contribution in [2.24, 2.45) is 5.92 Å². The molecule has 4 rings (SSSR count). The van der Waals surface area contributed by atoms with Gasteiger partial charge in [0, 0.05) is 11.6 Å². The summed E-state index contributed by atoms with van der Waals surface area (Å²) in [5.41, 5.74) is 3.66. The Balaban J connectivity index is 1.56. The Bertz CT molecular complexity index is 1030. The number of para-hydroxylation sites is 1. The van der Waals surface area contributed by atoms with Gasteiger partial charge in [0.2, 0.25) is 0 Å². The van der Waals surface area contributed by atoms with Crippen LogP contribution in [0.25, 0.3) is 11.0 Å². The van der Waals surface area contributed by atoms with E-state index in [0.29, 0.717) is 11.6 Å². The lowest BCUT2D eigenvalue weighted by atomic mass is 9.86. The molecule has 0 saturated carbocycles. The second-order valence-corrected chi connectivity index (χ2v) is 10.7. The molecule has 1 aliphatic rings. The van der Waals surface area contributed by atoms with Crippen molar-refractivity contribution in [2.45, 2.75) is 65.0 Å². The molecule has 2 aromatic carbocycles. The highest BCUT2D eigenvalue weighted by Gasteiger charge is 2.22. The molecule has 172 valence electrons. The Morgan fingerprint density at radius 2 is 1.78 bits per heavy atom. The highest BCUT2D eigenvalue weighted by Crippen LogP contribution is 2.31. The molecule has 32 heavy (non-hydrogen) atoms. The van der Waals surface area contributed by atoms with E-state index >= 15 is 0 Å². The van der Waals surface area contributed by atoms with E-state index in [1.165, 1.54) is 49.9 Å².